The molecule has 1 atom stereocenters. The minimum absolute atomic E-state index is 0.00283. The first-order chi connectivity index (χ1) is 13.2. The highest BCUT2D eigenvalue weighted by atomic mass is 32.2. The molecule has 148 valence electrons. The number of allylic oxidation sites excluding steroid dienone is 2. The number of amidine groups is 1. The standard InChI is InChI=1S/C19H21N3O5S/c1-12-6-7-16(13(2)11-12)20-18(23)14(3)27-19(24)15-5-4-8-22-9-10-28(25,26)21-17(15)22/h4-8,11,14H,9-10H2,1-3H3,(H,20,23)/t14-/m1/s1. The van der Waals surface area contributed by atoms with Crippen LogP contribution in [-0.4, -0.2) is 49.4 Å². The molecule has 0 fully saturated rings. The third-order valence-electron chi connectivity index (χ3n) is 4.37. The van der Waals surface area contributed by atoms with Crippen molar-refractivity contribution in [2.45, 2.75) is 26.9 Å². The molecule has 2 aliphatic heterocycles. The maximum atomic E-state index is 12.5. The van der Waals surface area contributed by atoms with Gasteiger partial charge >= 0.3 is 5.97 Å². The quantitative estimate of drug-likeness (QED) is 0.767. The Morgan fingerprint density at radius 3 is 2.75 bits per heavy atom. The van der Waals surface area contributed by atoms with Gasteiger partial charge in [0.15, 0.2) is 11.9 Å². The second-order valence-electron chi connectivity index (χ2n) is 6.67. The Labute approximate surface area is 163 Å². The second-order valence-corrected chi connectivity index (χ2v) is 8.43. The minimum Gasteiger partial charge on any atom is -0.449 e. The highest BCUT2D eigenvalue weighted by Crippen LogP contribution is 2.20. The van der Waals surface area contributed by atoms with Gasteiger partial charge < -0.3 is 15.0 Å². The highest BCUT2D eigenvalue weighted by Gasteiger charge is 2.32. The number of esters is 1. The topological polar surface area (TPSA) is 105 Å². The molecule has 28 heavy (non-hydrogen) atoms. The van der Waals surface area contributed by atoms with Crippen molar-refractivity contribution in [1.29, 1.82) is 0 Å². The summed E-state index contributed by atoms with van der Waals surface area (Å²) in [6, 6.07) is 5.58. The van der Waals surface area contributed by atoms with Gasteiger partial charge in [-0.25, -0.2) is 13.2 Å². The molecule has 3 rings (SSSR count). The summed E-state index contributed by atoms with van der Waals surface area (Å²) in [5, 5.41) is 2.73. The number of anilines is 1. The van der Waals surface area contributed by atoms with Crippen molar-refractivity contribution in [2.75, 3.05) is 17.6 Å². The molecular formula is C19H21N3O5S. The van der Waals surface area contributed by atoms with Crippen molar-refractivity contribution in [2.24, 2.45) is 4.40 Å². The van der Waals surface area contributed by atoms with Crippen molar-refractivity contribution >= 4 is 33.4 Å². The predicted octanol–water partition coefficient (Wildman–Crippen LogP) is 1.67. The molecule has 9 heteroatoms. The molecule has 1 aromatic rings. The van der Waals surface area contributed by atoms with E-state index >= 15 is 0 Å². The van der Waals surface area contributed by atoms with E-state index in [1.54, 1.807) is 23.2 Å². The first-order valence-corrected chi connectivity index (χ1v) is 10.3. The molecule has 0 aliphatic carbocycles. The first kappa shape index (κ1) is 19.8. The molecule has 0 bridgehead atoms. The number of nitrogens with zero attached hydrogens (tertiary/aromatic N) is 2. The largest absolute Gasteiger partial charge is 0.449 e. The fourth-order valence-corrected chi connectivity index (χ4v) is 3.83. The van der Waals surface area contributed by atoms with Crippen molar-refractivity contribution in [1.82, 2.24) is 4.90 Å². The third kappa shape index (κ3) is 4.30. The number of hydrogen-bond donors (Lipinski definition) is 1. The van der Waals surface area contributed by atoms with E-state index in [2.05, 4.69) is 9.71 Å². The summed E-state index contributed by atoms with van der Waals surface area (Å²) in [5.74, 6) is -1.41. The lowest BCUT2D eigenvalue weighted by Gasteiger charge is -2.28. The lowest BCUT2D eigenvalue weighted by atomic mass is 10.1. The summed E-state index contributed by atoms with van der Waals surface area (Å²) in [7, 11) is -3.63. The summed E-state index contributed by atoms with van der Waals surface area (Å²) in [5.41, 5.74) is 2.59. The molecule has 2 heterocycles. The monoisotopic (exact) mass is 403 g/mol. The van der Waals surface area contributed by atoms with Crippen LogP contribution in [0.25, 0.3) is 0 Å². The molecule has 2 aliphatic rings. The Bertz CT molecular complexity index is 1020. The van der Waals surface area contributed by atoms with Crippen LogP contribution in [0.5, 0.6) is 0 Å². The molecule has 8 nitrogen and oxygen atoms in total. The fraction of sp³-hybridized carbons (Fsp3) is 0.316. The third-order valence-corrected chi connectivity index (χ3v) is 5.52. The van der Waals surface area contributed by atoms with E-state index in [0.717, 1.165) is 11.1 Å². The van der Waals surface area contributed by atoms with Crippen LogP contribution < -0.4 is 5.32 Å². The molecule has 1 amide bonds. The number of ether oxygens (including phenoxy) is 1. The Hall–Kier alpha value is -2.94. The molecule has 0 saturated carbocycles. The number of fused-ring (bicyclic) bond motifs is 1. The summed E-state index contributed by atoms with van der Waals surface area (Å²) in [4.78, 5) is 26.5. The summed E-state index contributed by atoms with van der Waals surface area (Å²) in [6.45, 7) is 5.47. The first-order valence-electron chi connectivity index (χ1n) is 8.73. The average Bonchev–Trinajstić information content (AvgIpc) is 2.62. The van der Waals surface area contributed by atoms with Gasteiger partial charge in [-0.15, -0.1) is 4.40 Å². The van der Waals surface area contributed by atoms with Gasteiger partial charge in [-0.3, -0.25) is 4.79 Å². The van der Waals surface area contributed by atoms with E-state index in [-0.39, 0.29) is 23.7 Å². The van der Waals surface area contributed by atoms with Crippen LogP contribution >= 0.6 is 0 Å². The molecule has 0 unspecified atom stereocenters. The molecule has 1 N–H and O–H groups in total. The molecule has 1 aromatic carbocycles. The van der Waals surface area contributed by atoms with E-state index in [9.17, 15) is 18.0 Å². The van der Waals surface area contributed by atoms with Crippen LogP contribution in [0.15, 0.2) is 46.5 Å². The van der Waals surface area contributed by atoms with Gasteiger partial charge in [-0.1, -0.05) is 17.7 Å². The van der Waals surface area contributed by atoms with E-state index in [0.29, 0.717) is 5.69 Å². The smallest absolute Gasteiger partial charge is 0.342 e. The van der Waals surface area contributed by atoms with Gasteiger partial charge in [-0.2, -0.15) is 0 Å². The van der Waals surface area contributed by atoms with E-state index in [4.69, 9.17) is 4.74 Å². The molecule has 0 saturated heterocycles. The van der Waals surface area contributed by atoms with Gasteiger partial charge in [0.2, 0.25) is 0 Å². The van der Waals surface area contributed by atoms with Crippen molar-refractivity contribution in [3.8, 4) is 0 Å². The van der Waals surface area contributed by atoms with E-state index in [1.165, 1.54) is 13.0 Å². The van der Waals surface area contributed by atoms with Crippen LogP contribution in [0.2, 0.25) is 0 Å². The van der Waals surface area contributed by atoms with E-state index in [1.807, 2.05) is 26.0 Å². The van der Waals surface area contributed by atoms with Gasteiger partial charge in [0.1, 0.15) is 5.57 Å². The fourth-order valence-electron chi connectivity index (χ4n) is 2.84. The lowest BCUT2D eigenvalue weighted by Crippen LogP contribution is -2.41. The number of rotatable bonds is 4. The number of amides is 1. The summed E-state index contributed by atoms with van der Waals surface area (Å²) in [6.07, 6.45) is 3.59. The highest BCUT2D eigenvalue weighted by molar-refractivity contribution is 7.90. The molecule has 0 spiro atoms. The summed E-state index contributed by atoms with van der Waals surface area (Å²) >= 11 is 0. The Balaban J connectivity index is 1.71. The van der Waals surface area contributed by atoms with Crippen molar-refractivity contribution < 1.29 is 22.7 Å². The maximum absolute atomic E-state index is 12.5. The molecular weight excluding hydrogens is 382 g/mol. The van der Waals surface area contributed by atoms with Crippen LogP contribution in [-0.2, 0) is 24.3 Å². The van der Waals surface area contributed by atoms with E-state index < -0.39 is 28.0 Å². The number of sulfonamides is 1. The summed E-state index contributed by atoms with van der Waals surface area (Å²) < 4.78 is 32.5. The zero-order valence-electron chi connectivity index (χ0n) is 15.8. The zero-order valence-corrected chi connectivity index (χ0v) is 16.6. The number of benzene rings is 1. The van der Waals surface area contributed by atoms with Gasteiger partial charge in [0.25, 0.3) is 15.9 Å². The molecule has 0 aromatic heterocycles. The number of carbonyl (C=O) groups excluding carboxylic acids is 2. The average molecular weight is 403 g/mol. The van der Waals surface area contributed by atoms with Crippen molar-refractivity contribution in [3.63, 3.8) is 0 Å². The van der Waals surface area contributed by atoms with Gasteiger partial charge in [-0.05, 0) is 44.6 Å². The number of hydrogen-bond acceptors (Lipinski definition) is 6. The van der Waals surface area contributed by atoms with Crippen LogP contribution in [0.3, 0.4) is 0 Å². The Kier molecular flexibility index (Phi) is 5.37. The second kappa shape index (κ2) is 7.59. The van der Waals surface area contributed by atoms with Gasteiger partial charge in [0.05, 0.1) is 5.75 Å². The van der Waals surface area contributed by atoms with Crippen LogP contribution in [0, 0.1) is 13.8 Å². The zero-order chi connectivity index (χ0) is 20.5. The SMILES string of the molecule is Cc1ccc(NC(=O)[C@@H](C)OC(=O)C2=CC=CN3CCS(=O)(=O)N=C23)c(C)c1. The Morgan fingerprint density at radius 1 is 1.29 bits per heavy atom. The predicted molar refractivity (Wildman–Crippen MR) is 105 cm³/mol. The van der Waals surface area contributed by atoms with Crippen LogP contribution in [0.1, 0.15) is 18.1 Å². The number of nitrogens with one attached hydrogen (secondary N) is 1. The van der Waals surface area contributed by atoms with Crippen LogP contribution in [0.4, 0.5) is 5.69 Å². The lowest BCUT2D eigenvalue weighted by molar-refractivity contribution is -0.148. The number of carbonyl (C=O) groups is 2. The number of aryl methyl sites for hydroxylation is 2. The normalized spacial score (nSPS) is 18.5. The minimum atomic E-state index is -3.63. The van der Waals surface area contributed by atoms with Gasteiger partial charge in [0, 0.05) is 18.4 Å². The Morgan fingerprint density at radius 2 is 2.04 bits per heavy atom. The maximum Gasteiger partial charge on any atom is 0.342 e. The van der Waals surface area contributed by atoms with Crippen molar-refractivity contribution in [3.05, 3.63) is 53.3 Å². The molecule has 0 radical (unpaired) electrons.